The SMILES string of the molecule is CCCc1nsc(N(C)C2CCCCC2N)n1. The number of nitrogens with two attached hydrogens (primary N) is 1. The normalized spacial score (nSPS) is 24.9. The van der Waals surface area contributed by atoms with Crippen LogP contribution in [0.4, 0.5) is 5.13 Å². The minimum Gasteiger partial charge on any atom is -0.345 e. The predicted molar refractivity (Wildman–Crippen MR) is 72.5 cm³/mol. The Morgan fingerprint density at radius 2 is 2.18 bits per heavy atom. The summed E-state index contributed by atoms with van der Waals surface area (Å²) in [4.78, 5) is 6.82. The monoisotopic (exact) mass is 254 g/mol. The number of aromatic nitrogens is 2. The van der Waals surface area contributed by atoms with E-state index in [-0.39, 0.29) is 6.04 Å². The summed E-state index contributed by atoms with van der Waals surface area (Å²) >= 11 is 1.50. The van der Waals surface area contributed by atoms with Gasteiger partial charge < -0.3 is 10.6 Å². The van der Waals surface area contributed by atoms with Gasteiger partial charge in [-0.25, -0.2) is 4.98 Å². The van der Waals surface area contributed by atoms with Gasteiger partial charge in [-0.15, -0.1) is 0 Å². The summed E-state index contributed by atoms with van der Waals surface area (Å²) in [6, 6.07) is 0.721. The lowest BCUT2D eigenvalue weighted by Gasteiger charge is -2.35. The first-order valence-electron chi connectivity index (χ1n) is 6.53. The maximum Gasteiger partial charge on any atom is 0.205 e. The van der Waals surface area contributed by atoms with Gasteiger partial charge in [-0.2, -0.15) is 4.37 Å². The molecule has 0 saturated heterocycles. The molecular weight excluding hydrogens is 232 g/mol. The van der Waals surface area contributed by atoms with E-state index in [0.29, 0.717) is 6.04 Å². The summed E-state index contributed by atoms with van der Waals surface area (Å²) in [7, 11) is 2.10. The summed E-state index contributed by atoms with van der Waals surface area (Å²) < 4.78 is 4.39. The molecule has 2 unspecified atom stereocenters. The van der Waals surface area contributed by atoms with Crippen LogP contribution in [0.15, 0.2) is 0 Å². The van der Waals surface area contributed by atoms with Crippen molar-refractivity contribution in [3.63, 3.8) is 0 Å². The van der Waals surface area contributed by atoms with Gasteiger partial charge in [0.2, 0.25) is 5.13 Å². The molecule has 17 heavy (non-hydrogen) atoms. The molecule has 1 aromatic heterocycles. The molecule has 0 amide bonds. The molecule has 1 aliphatic rings. The number of aryl methyl sites for hydroxylation is 1. The van der Waals surface area contributed by atoms with Crippen LogP contribution in [0, 0.1) is 0 Å². The second kappa shape index (κ2) is 5.78. The largest absolute Gasteiger partial charge is 0.345 e. The smallest absolute Gasteiger partial charge is 0.205 e. The fraction of sp³-hybridized carbons (Fsp3) is 0.833. The Labute approximate surface area is 107 Å². The minimum atomic E-state index is 0.285. The van der Waals surface area contributed by atoms with Crippen LogP contribution < -0.4 is 10.6 Å². The second-order valence-corrected chi connectivity index (χ2v) is 5.60. The van der Waals surface area contributed by atoms with E-state index in [9.17, 15) is 0 Å². The first-order chi connectivity index (χ1) is 8.22. The zero-order chi connectivity index (χ0) is 12.3. The van der Waals surface area contributed by atoms with Gasteiger partial charge >= 0.3 is 0 Å². The standard InChI is InChI=1S/C12H22N4S/c1-3-6-11-14-12(17-15-11)16(2)10-8-5-4-7-9(10)13/h9-10H,3-8,13H2,1-2H3. The topological polar surface area (TPSA) is 55.0 Å². The van der Waals surface area contributed by atoms with Crippen LogP contribution in [0.3, 0.4) is 0 Å². The Morgan fingerprint density at radius 3 is 2.88 bits per heavy atom. The maximum absolute atomic E-state index is 6.20. The van der Waals surface area contributed by atoms with Crippen molar-refractivity contribution >= 4 is 16.7 Å². The van der Waals surface area contributed by atoms with Crippen LogP contribution >= 0.6 is 11.5 Å². The van der Waals surface area contributed by atoms with Crippen molar-refractivity contribution in [2.24, 2.45) is 5.73 Å². The van der Waals surface area contributed by atoms with Crippen LogP contribution in [0.2, 0.25) is 0 Å². The van der Waals surface area contributed by atoms with Gasteiger partial charge in [0.25, 0.3) is 0 Å². The molecular formula is C12H22N4S. The zero-order valence-electron chi connectivity index (χ0n) is 10.7. The zero-order valence-corrected chi connectivity index (χ0v) is 11.5. The van der Waals surface area contributed by atoms with Gasteiger partial charge in [-0.1, -0.05) is 19.8 Å². The van der Waals surface area contributed by atoms with E-state index in [4.69, 9.17) is 5.73 Å². The van der Waals surface area contributed by atoms with E-state index in [1.54, 1.807) is 0 Å². The van der Waals surface area contributed by atoms with Gasteiger partial charge in [-0.3, -0.25) is 0 Å². The lowest BCUT2D eigenvalue weighted by atomic mass is 9.90. The van der Waals surface area contributed by atoms with E-state index in [1.165, 1.54) is 30.8 Å². The van der Waals surface area contributed by atoms with E-state index in [1.807, 2.05) is 0 Å². The second-order valence-electron chi connectivity index (χ2n) is 4.87. The molecule has 0 bridgehead atoms. The quantitative estimate of drug-likeness (QED) is 0.895. The van der Waals surface area contributed by atoms with Gasteiger partial charge in [-0.05, 0) is 19.3 Å². The summed E-state index contributed by atoms with van der Waals surface area (Å²) in [5.41, 5.74) is 6.20. The van der Waals surface area contributed by atoms with Crippen molar-refractivity contribution in [2.75, 3.05) is 11.9 Å². The molecule has 2 atom stereocenters. The summed E-state index contributed by atoms with van der Waals surface area (Å²) in [6.07, 6.45) is 6.94. The predicted octanol–water partition coefficient (Wildman–Crippen LogP) is 2.20. The third-order valence-corrected chi connectivity index (χ3v) is 4.36. The third-order valence-electron chi connectivity index (χ3n) is 3.51. The van der Waals surface area contributed by atoms with Crippen molar-refractivity contribution < 1.29 is 0 Å². The van der Waals surface area contributed by atoms with Crippen molar-refractivity contribution in [1.29, 1.82) is 0 Å². The average molecular weight is 254 g/mol. The van der Waals surface area contributed by atoms with Crippen molar-refractivity contribution in [2.45, 2.75) is 57.5 Å². The lowest BCUT2D eigenvalue weighted by Crippen LogP contribution is -2.48. The molecule has 5 heteroatoms. The van der Waals surface area contributed by atoms with Crippen LogP contribution in [-0.2, 0) is 6.42 Å². The molecule has 0 radical (unpaired) electrons. The molecule has 2 N–H and O–H groups in total. The van der Waals surface area contributed by atoms with Crippen LogP contribution in [0.1, 0.15) is 44.9 Å². The Bertz CT molecular complexity index is 352. The van der Waals surface area contributed by atoms with Gasteiger partial charge in [0.1, 0.15) is 5.82 Å². The Hall–Kier alpha value is -0.680. The number of hydrogen-bond donors (Lipinski definition) is 1. The van der Waals surface area contributed by atoms with Crippen molar-refractivity contribution in [3.8, 4) is 0 Å². The van der Waals surface area contributed by atoms with E-state index < -0.39 is 0 Å². The number of rotatable bonds is 4. The first-order valence-corrected chi connectivity index (χ1v) is 7.30. The summed E-state index contributed by atoms with van der Waals surface area (Å²) in [5.74, 6) is 0.976. The molecule has 0 aliphatic heterocycles. The van der Waals surface area contributed by atoms with Gasteiger partial charge in [0, 0.05) is 37.1 Å². The molecule has 1 saturated carbocycles. The lowest BCUT2D eigenvalue weighted by molar-refractivity contribution is 0.373. The van der Waals surface area contributed by atoms with Crippen molar-refractivity contribution in [3.05, 3.63) is 5.82 Å². The van der Waals surface area contributed by atoms with Gasteiger partial charge in [0.15, 0.2) is 0 Å². The molecule has 96 valence electrons. The highest BCUT2D eigenvalue weighted by atomic mass is 32.1. The molecule has 1 heterocycles. The number of likely N-dealkylation sites (N-methyl/N-ethyl adjacent to an activating group) is 1. The molecule has 0 spiro atoms. The van der Waals surface area contributed by atoms with E-state index in [0.717, 1.165) is 30.2 Å². The molecule has 2 rings (SSSR count). The van der Waals surface area contributed by atoms with E-state index >= 15 is 0 Å². The number of hydrogen-bond acceptors (Lipinski definition) is 5. The molecule has 4 nitrogen and oxygen atoms in total. The minimum absolute atomic E-state index is 0.285. The number of anilines is 1. The van der Waals surface area contributed by atoms with Gasteiger partial charge in [0.05, 0.1) is 0 Å². The van der Waals surface area contributed by atoms with E-state index in [2.05, 4.69) is 28.2 Å². The Morgan fingerprint density at radius 1 is 1.41 bits per heavy atom. The summed E-state index contributed by atoms with van der Waals surface area (Å²) in [5, 5.41) is 1.02. The third kappa shape index (κ3) is 2.96. The molecule has 1 aromatic rings. The highest BCUT2D eigenvalue weighted by Gasteiger charge is 2.27. The maximum atomic E-state index is 6.20. The van der Waals surface area contributed by atoms with Crippen LogP contribution in [0.25, 0.3) is 0 Å². The van der Waals surface area contributed by atoms with Crippen LogP contribution in [0.5, 0.6) is 0 Å². The highest BCUT2D eigenvalue weighted by molar-refractivity contribution is 7.09. The Balaban J connectivity index is 2.04. The molecule has 1 fully saturated rings. The first kappa shape index (κ1) is 12.8. The highest BCUT2D eigenvalue weighted by Crippen LogP contribution is 2.26. The number of nitrogens with zero attached hydrogens (tertiary/aromatic N) is 3. The Kier molecular flexibility index (Phi) is 4.34. The average Bonchev–Trinajstić information content (AvgIpc) is 2.78. The fourth-order valence-corrected chi connectivity index (χ4v) is 3.21. The van der Waals surface area contributed by atoms with Crippen molar-refractivity contribution in [1.82, 2.24) is 9.36 Å². The molecule has 1 aliphatic carbocycles. The van der Waals surface area contributed by atoms with Crippen LogP contribution in [-0.4, -0.2) is 28.5 Å². The molecule has 0 aromatic carbocycles. The summed E-state index contributed by atoms with van der Waals surface area (Å²) in [6.45, 7) is 2.15. The fourth-order valence-electron chi connectivity index (χ4n) is 2.48.